The van der Waals surface area contributed by atoms with E-state index in [4.69, 9.17) is 4.74 Å². The molecule has 1 aromatic rings. The molecule has 0 saturated carbocycles. The summed E-state index contributed by atoms with van der Waals surface area (Å²) in [5.41, 5.74) is 2.65. The molecule has 4 heteroatoms. The predicted octanol–water partition coefficient (Wildman–Crippen LogP) is 1.23. The van der Waals surface area contributed by atoms with Crippen LogP contribution >= 0.6 is 0 Å². The van der Waals surface area contributed by atoms with Gasteiger partial charge in [0.2, 0.25) is 5.91 Å². The Bertz CT molecular complexity index is 446. The Kier molecular flexibility index (Phi) is 4.80. The lowest BCUT2D eigenvalue weighted by Gasteiger charge is -2.20. The number of fused-ring (bicyclic) bond motifs is 1. The first kappa shape index (κ1) is 13.9. The maximum absolute atomic E-state index is 12.0. The van der Waals surface area contributed by atoms with E-state index in [1.807, 2.05) is 18.0 Å². The summed E-state index contributed by atoms with van der Waals surface area (Å²) in [5.74, 6) is 1.14. The molecule has 0 aromatic heterocycles. The minimum Gasteiger partial charge on any atom is -0.497 e. The molecule has 0 fully saturated rings. The Morgan fingerprint density at radius 3 is 2.74 bits per heavy atom. The maximum Gasteiger partial charge on any atom is 0.223 e. The number of hydrogen-bond donors (Lipinski definition) is 1. The van der Waals surface area contributed by atoms with Crippen molar-refractivity contribution >= 4 is 5.91 Å². The number of carbonyl (C=O) groups is 1. The van der Waals surface area contributed by atoms with Gasteiger partial charge in [0.1, 0.15) is 5.75 Å². The monoisotopic (exact) mass is 262 g/mol. The van der Waals surface area contributed by atoms with Crippen molar-refractivity contribution in [2.45, 2.75) is 19.3 Å². The SMILES string of the molecule is CNCCC(=O)N1CCc2ccc(OC)cc2CC1. The van der Waals surface area contributed by atoms with E-state index in [2.05, 4.69) is 17.4 Å². The van der Waals surface area contributed by atoms with E-state index in [0.29, 0.717) is 6.42 Å². The van der Waals surface area contributed by atoms with E-state index in [9.17, 15) is 4.79 Å². The highest BCUT2D eigenvalue weighted by molar-refractivity contribution is 5.76. The van der Waals surface area contributed by atoms with Crippen LogP contribution in [0.5, 0.6) is 5.75 Å². The lowest BCUT2D eigenvalue weighted by Crippen LogP contribution is -2.34. The number of ether oxygens (including phenoxy) is 1. The Morgan fingerprint density at radius 1 is 1.32 bits per heavy atom. The van der Waals surface area contributed by atoms with Gasteiger partial charge < -0.3 is 15.0 Å². The minimum atomic E-state index is 0.245. The van der Waals surface area contributed by atoms with Crippen molar-refractivity contribution in [1.82, 2.24) is 10.2 Å². The maximum atomic E-state index is 12.0. The largest absolute Gasteiger partial charge is 0.497 e. The fourth-order valence-electron chi connectivity index (χ4n) is 2.47. The van der Waals surface area contributed by atoms with Crippen LogP contribution in [0.1, 0.15) is 17.5 Å². The second-order valence-corrected chi connectivity index (χ2v) is 4.87. The summed E-state index contributed by atoms with van der Waals surface area (Å²) in [4.78, 5) is 14.0. The Morgan fingerprint density at radius 2 is 2.05 bits per heavy atom. The molecule has 1 N–H and O–H groups in total. The van der Waals surface area contributed by atoms with Crippen molar-refractivity contribution in [1.29, 1.82) is 0 Å². The lowest BCUT2D eigenvalue weighted by atomic mass is 10.0. The minimum absolute atomic E-state index is 0.245. The van der Waals surface area contributed by atoms with E-state index >= 15 is 0 Å². The standard InChI is InChI=1S/C15H22N2O2/c1-16-8-5-15(18)17-9-6-12-3-4-14(19-2)11-13(12)7-10-17/h3-4,11,16H,5-10H2,1-2H3. The summed E-state index contributed by atoms with van der Waals surface area (Å²) >= 11 is 0. The van der Waals surface area contributed by atoms with Gasteiger partial charge >= 0.3 is 0 Å². The number of amides is 1. The molecule has 1 heterocycles. The van der Waals surface area contributed by atoms with E-state index in [1.165, 1.54) is 11.1 Å². The fraction of sp³-hybridized carbons (Fsp3) is 0.533. The van der Waals surface area contributed by atoms with Gasteiger partial charge in [0.15, 0.2) is 0 Å². The van der Waals surface area contributed by atoms with Crippen LogP contribution in [-0.4, -0.2) is 44.6 Å². The van der Waals surface area contributed by atoms with Gasteiger partial charge in [-0.2, -0.15) is 0 Å². The molecular formula is C15H22N2O2. The van der Waals surface area contributed by atoms with Gasteiger partial charge in [0.25, 0.3) is 0 Å². The van der Waals surface area contributed by atoms with Crippen molar-refractivity contribution in [2.24, 2.45) is 0 Å². The molecule has 0 radical (unpaired) electrons. The summed E-state index contributed by atoms with van der Waals surface area (Å²) < 4.78 is 5.26. The molecule has 19 heavy (non-hydrogen) atoms. The molecule has 104 valence electrons. The van der Waals surface area contributed by atoms with Crippen LogP contribution in [0.25, 0.3) is 0 Å². The van der Waals surface area contributed by atoms with Crippen LogP contribution in [0.15, 0.2) is 18.2 Å². The fourth-order valence-corrected chi connectivity index (χ4v) is 2.47. The highest BCUT2D eigenvalue weighted by atomic mass is 16.5. The smallest absolute Gasteiger partial charge is 0.223 e. The van der Waals surface area contributed by atoms with Crippen LogP contribution in [0, 0.1) is 0 Å². The van der Waals surface area contributed by atoms with Crippen LogP contribution < -0.4 is 10.1 Å². The van der Waals surface area contributed by atoms with Gasteiger partial charge in [-0.3, -0.25) is 4.79 Å². The molecule has 1 amide bonds. The Balaban J connectivity index is 2.02. The van der Waals surface area contributed by atoms with E-state index in [1.54, 1.807) is 7.11 Å². The van der Waals surface area contributed by atoms with Crippen molar-refractivity contribution in [3.8, 4) is 5.75 Å². The third kappa shape index (κ3) is 3.47. The number of hydrogen-bond acceptors (Lipinski definition) is 3. The molecule has 0 spiro atoms. The predicted molar refractivity (Wildman–Crippen MR) is 75.5 cm³/mol. The molecule has 1 aliphatic rings. The number of nitrogens with zero attached hydrogens (tertiary/aromatic N) is 1. The number of methoxy groups -OCH3 is 1. The van der Waals surface area contributed by atoms with Gasteiger partial charge in [0, 0.05) is 26.1 Å². The van der Waals surface area contributed by atoms with Gasteiger partial charge in [-0.15, -0.1) is 0 Å². The zero-order valence-corrected chi connectivity index (χ0v) is 11.7. The summed E-state index contributed by atoms with van der Waals surface area (Å²) in [5, 5.41) is 3.02. The molecule has 0 bridgehead atoms. The van der Waals surface area contributed by atoms with Crippen LogP contribution in [-0.2, 0) is 17.6 Å². The van der Waals surface area contributed by atoms with Crippen molar-refractivity contribution < 1.29 is 9.53 Å². The van der Waals surface area contributed by atoms with E-state index in [0.717, 1.165) is 38.2 Å². The first-order chi connectivity index (χ1) is 9.24. The first-order valence-corrected chi connectivity index (χ1v) is 6.82. The molecule has 1 aliphatic heterocycles. The third-order valence-electron chi connectivity index (χ3n) is 3.66. The molecule has 2 rings (SSSR count). The average molecular weight is 262 g/mol. The van der Waals surface area contributed by atoms with Crippen molar-refractivity contribution in [3.05, 3.63) is 29.3 Å². The summed E-state index contributed by atoms with van der Waals surface area (Å²) in [6, 6.07) is 6.21. The van der Waals surface area contributed by atoms with E-state index in [-0.39, 0.29) is 5.91 Å². The number of rotatable bonds is 4. The molecule has 0 atom stereocenters. The van der Waals surface area contributed by atoms with Gasteiger partial charge in [0.05, 0.1) is 7.11 Å². The lowest BCUT2D eigenvalue weighted by molar-refractivity contribution is -0.130. The van der Waals surface area contributed by atoms with Gasteiger partial charge in [-0.1, -0.05) is 6.07 Å². The molecular weight excluding hydrogens is 240 g/mol. The van der Waals surface area contributed by atoms with Gasteiger partial charge in [-0.25, -0.2) is 0 Å². The normalized spacial score (nSPS) is 14.7. The number of benzene rings is 1. The second-order valence-electron chi connectivity index (χ2n) is 4.87. The number of carbonyl (C=O) groups excluding carboxylic acids is 1. The third-order valence-corrected chi connectivity index (χ3v) is 3.66. The highest BCUT2D eigenvalue weighted by Gasteiger charge is 2.18. The molecule has 0 saturated heterocycles. The van der Waals surface area contributed by atoms with E-state index < -0.39 is 0 Å². The summed E-state index contributed by atoms with van der Waals surface area (Å²) in [6.45, 7) is 2.38. The zero-order valence-electron chi connectivity index (χ0n) is 11.7. The Labute approximate surface area is 114 Å². The quantitative estimate of drug-likeness (QED) is 0.887. The Hall–Kier alpha value is -1.55. The highest BCUT2D eigenvalue weighted by Crippen LogP contribution is 2.21. The molecule has 0 aliphatic carbocycles. The zero-order chi connectivity index (χ0) is 13.7. The van der Waals surface area contributed by atoms with Crippen LogP contribution in [0.4, 0.5) is 0 Å². The molecule has 4 nitrogen and oxygen atoms in total. The first-order valence-electron chi connectivity index (χ1n) is 6.82. The summed E-state index contributed by atoms with van der Waals surface area (Å²) in [6.07, 6.45) is 2.43. The van der Waals surface area contributed by atoms with Crippen LogP contribution in [0.2, 0.25) is 0 Å². The topological polar surface area (TPSA) is 41.6 Å². The molecule has 0 unspecified atom stereocenters. The van der Waals surface area contributed by atoms with Gasteiger partial charge in [-0.05, 0) is 43.1 Å². The summed E-state index contributed by atoms with van der Waals surface area (Å²) in [7, 11) is 3.56. The van der Waals surface area contributed by atoms with Crippen molar-refractivity contribution in [2.75, 3.05) is 33.8 Å². The molecule has 1 aromatic carbocycles. The van der Waals surface area contributed by atoms with Crippen LogP contribution in [0.3, 0.4) is 0 Å². The average Bonchev–Trinajstić information content (AvgIpc) is 2.66. The van der Waals surface area contributed by atoms with Crippen molar-refractivity contribution in [3.63, 3.8) is 0 Å². The second kappa shape index (κ2) is 6.57. The number of nitrogens with one attached hydrogen (secondary N) is 1.